The Balaban J connectivity index is 1.39. The van der Waals surface area contributed by atoms with Crippen molar-refractivity contribution in [2.75, 3.05) is 59.0 Å². The van der Waals surface area contributed by atoms with E-state index in [2.05, 4.69) is 15.0 Å². The number of aryl methyl sites for hydroxylation is 1. The molecular weight excluding hydrogens is 362 g/mol. The lowest BCUT2D eigenvalue weighted by atomic mass is 9.96. The molecule has 2 fully saturated rings. The van der Waals surface area contributed by atoms with Crippen LogP contribution in [0, 0.1) is 0 Å². The fourth-order valence-corrected chi connectivity index (χ4v) is 3.29. The molecule has 0 N–H and O–H groups in total. The van der Waals surface area contributed by atoms with E-state index in [0.29, 0.717) is 70.5 Å². The van der Waals surface area contributed by atoms with Crippen molar-refractivity contribution in [3.63, 3.8) is 0 Å². The summed E-state index contributed by atoms with van der Waals surface area (Å²) in [7, 11) is 0. The Labute approximate surface area is 166 Å². The van der Waals surface area contributed by atoms with Gasteiger partial charge < -0.3 is 19.1 Å². The van der Waals surface area contributed by atoms with Gasteiger partial charge in [0.15, 0.2) is 5.82 Å². The van der Waals surface area contributed by atoms with Crippen molar-refractivity contribution >= 4 is 11.8 Å². The third-order valence-electron chi connectivity index (χ3n) is 5.14. The molecule has 2 saturated heterocycles. The van der Waals surface area contributed by atoms with Gasteiger partial charge in [-0.3, -0.25) is 14.5 Å². The highest BCUT2D eigenvalue weighted by Gasteiger charge is 2.26. The van der Waals surface area contributed by atoms with Crippen molar-refractivity contribution in [1.29, 1.82) is 0 Å². The van der Waals surface area contributed by atoms with Crippen LogP contribution in [0.2, 0.25) is 0 Å². The number of rotatable bonds is 5. The summed E-state index contributed by atoms with van der Waals surface area (Å²) >= 11 is 0. The van der Waals surface area contributed by atoms with E-state index in [9.17, 15) is 9.59 Å². The van der Waals surface area contributed by atoms with Crippen LogP contribution >= 0.6 is 0 Å². The number of amides is 2. The Bertz CT molecular complexity index is 670. The van der Waals surface area contributed by atoms with E-state index in [1.807, 2.05) is 30.6 Å². The molecule has 1 aromatic heterocycles. The third kappa shape index (κ3) is 5.51. The molecule has 0 radical (unpaired) electrons. The highest BCUT2D eigenvalue weighted by molar-refractivity contribution is 5.79. The lowest BCUT2D eigenvalue weighted by Crippen LogP contribution is -2.53. The summed E-state index contributed by atoms with van der Waals surface area (Å²) in [6.07, 6.45) is 0.783. The van der Waals surface area contributed by atoms with Gasteiger partial charge in [-0.2, -0.15) is 4.98 Å². The SMILES string of the molecule is CC(C)(C)c1noc(CCC(=O)N2CCN(C(=O)CN3CCOCC3)CC2)n1. The van der Waals surface area contributed by atoms with Crippen LogP contribution in [0.4, 0.5) is 0 Å². The first-order valence-corrected chi connectivity index (χ1v) is 10.0. The fourth-order valence-electron chi connectivity index (χ4n) is 3.29. The molecule has 9 heteroatoms. The number of carbonyl (C=O) groups is 2. The molecule has 0 spiro atoms. The summed E-state index contributed by atoms with van der Waals surface area (Å²) in [5.74, 6) is 1.35. The molecule has 0 atom stereocenters. The van der Waals surface area contributed by atoms with Gasteiger partial charge in [0.1, 0.15) is 0 Å². The Hall–Kier alpha value is -2.00. The standard InChI is InChI=1S/C19H31N5O4/c1-19(2,3)18-20-15(28-21-18)4-5-16(25)23-6-8-24(9-7-23)17(26)14-22-10-12-27-13-11-22/h4-14H2,1-3H3. The highest BCUT2D eigenvalue weighted by Crippen LogP contribution is 2.19. The van der Waals surface area contributed by atoms with Crippen molar-refractivity contribution in [2.45, 2.75) is 39.0 Å². The molecule has 0 saturated carbocycles. The van der Waals surface area contributed by atoms with E-state index in [1.54, 1.807) is 0 Å². The first kappa shape index (κ1) is 20.7. The number of hydrogen-bond donors (Lipinski definition) is 0. The predicted molar refractivity (Wildman–Crippen MR) is 102 cm³/mol. The van der Waals surface area contributed by atoms with Crippen LogP contribution in [0.25, 0.3) is 0 Å². The second-order valence-electron chi connectivity index (χ2n) is 8.41. The Morgan fingerprint density at radius 3 is 2.14 bits per heavy atom. The van der Waals surface area contributed by atoms with Crippen molar-refractivity contribution in [2.24, 2.45) is 0 Å². The van der Waals surface area contributed by atoms with Crippen LogP contribution in [0.5, 0.6) is 0 Å². The molecular formula is C19H31N5O4. The van der Waals surface area contributed by atoms with Gasteiger partial charge in [-0.05, 0) is 0 Å². The van der Waals surface area contributed by atoms with E-state index in [4.69, 9.17) is 9.26 Å². The molecule has 0 unspecified atom stereocenters. The number of carbonyl (C=O) groups excluding carboxylic acids is 2. The Morgan fingerprint density at radius 1 is 0.964 bits per heavy atom. The molecule has 1 aromatic rings. The molecule has 2 aliphatic heterocycles. The van der Waals surface area contributed by atoms with E-state index in [-0.39, 0.29) is 17.2 Å². The van der Waals surface area contributed by atoms with Gasteiger partial charge >= 0.3 is 0 Å². The molecule has 0 bridgehead atoms. The largest absolute Gasteiger partial charge is 0.379 e. The summed E-state index contributed by atoms with van der Waals surface area (Å²) in [4.78, 5) is 35.1. The van der Waals surface area contributed by atoms with E-state index in [0.717, 1.165) is 13.1 Å². The van der Waals surface area contributed by atoms with Gasteiger partial charge in [-0.1, -0.05) is 25.9 Å². The summed E-state index contributed by atoms with van der Waals surface area (Å²) in [6, 6.07) is 0. The first-order chi connectivity index (χ1) is 13.3. The molecule has 9 nitrogen and oxygen atoms in total. The molecule has 156 valence electrons. The minimum absolute atomic E-state index is 0.0655. The normalized spacial score (nSPS) is 19.1. The van der Waals surface area contributed by atoms with Crippen LogP contribution in [0.1, 0.15) is 38.9 Å². The van der Waals surface area contributed by atoms with Crippen LogP contribution in [0.3, 0.4) is 0 Å². The van der Waals surface area contributed by atoms with Gasteiger partial charge in [-0.15, -0.1) is 0 Å². The molecule has 2 amide bonds. The quantitative estimate of drug-likeness (QED) is 0.710. The third-order valence-corrected chi connectivity index (χ3v) is 5.14. The van der Waals surface area contributed by atoms with E-state index in [1.165, 1.54) is 0 Å². The maximum atomic E-state index is 12.5. The first-order valence-electron chi connectivity index (χ1n) is 10.0. The van der Waals surface area contributed by atoms with Gasteiger partial charge in [0.2, 0.25) is 17.7 Å². The van der Waals surface area contributed by atoms with Crippen molar-refractivity contribution in [1.82, 2.24) is 24.8 Å². The lowest BCUT2D eigenvalue weighted by molar-refractivity contribution is -0.140. The molecule has 3 rings (SSSR count). The molecule has 0 aromatic carbocycles. The number of piperazine rings is 1. The lowest BCUT2D eigenvalue weighted by Gasteiger charge is -2.36. The van der Waals surface area contributed by atoms with Gasteiger partial charge in [0.25, 0.3) is 0 Å². The second kappa shape index (κ2) is 9.00. The molecule has 0 aliphatic carbocycles. The zero-order chi connectivity index (χ0) is 20.1. The minimum Gasteiger partial charge on any atom is -0.379 e. The second-order valence-corrected chi connectivity index (χ2v) is 8.41. The van der Waals surface area contributed by atoms with Crippen LogP contribution in [-0.4, -0.2) is 95.7 Å². The molecule has 2 aliphatic rings. The predicted octanol–water partition coefficient (Wildman–Crippen LogP) is 0.303. The Kier molecular flexibility index (Phi) is 6.66. The minimum atomic E-state index is -0.171. The number of nitrogens with zero attached hydrogens (tertiary/aromatic N) is 5. The van der Waals surface area contributed by atoms with Crippen LogP contribution < -0.4 is 0 Å². The zero-order valence-corrected chi connectivity index (χ0v) is 17.1. The summed E-state index contributed by atoms with van der Waals surface area (Å²) in [5.41, 5.74) is -0.171. The molecule has 28 heavy (non-hydrogen) atoms. The number of aromatic nitrogens is 2. The van der Waals surface area contributed by atoms with E-state index >= 15 is 0 Å². The number of ether oxygens (including phenoxy) is 1. The monoisotopic (exact) mass is 393 g/mol. The van der Waals surface area contributed by atoms with Gasteiger partial charge in [0.05, 0.1) is 19.8 Å². The highest BCUT2D eigenvalue weighted by atomic mass is 16.5. The summed E-state index contributed by atoms with van der Waals surface area (Å²) < 4.78 is 10.6. The number of hydrogen-bond acceptors (Lipinski definition) is 7. The average Bonchev–Trinajstić information content (AvgIpc) is 3.16. The van der Waals surface area contributed by atoms with Crippen LogP contribution in [-0.2, 0) is 26.2 Å². The maximum Gasteiger partial charge on any atom is 0.236 e. The Morgan fingerprint density at radius 2 is 1.57 bits per heavy atom. The van der Waals surface area contributed by atoms with E-state index < -0.39 is 0 Å². The topological polar surface area (TPSA) is 92.0 Å². The fraction of sp³-hybridized carbons (Fsp3) is 0.789. The zero-order valence-electron chi connectivity index (χ0n) is 17.1. The van der Waals surface area contributed by atoms with Gasteiger partial charge in [0, 0.05) is 57.5 Å². The van der Waals surface area contributed by atoms with Gasteiger partial charge in [-0.25, -0.2) is 0 Å². The average molecular weight is 393 g/mol. The summed E-state index contributed by atoms with van der Waals surface area (Å²) in [6.45, 7) is 11.8. The smallest absolute Gasteiger partial charge is 0.236 e. The number of morpholine rings is 1. The van der Waals surface area contributed by atoms with Crippen molar-refractivity contribution in [3.8, 4) is 0 Å². The van der Waals surface area contributed by atoms with Crippen LogP contribution in [0.15, 0.2) is 4.52 Å². The van der Waals surface area contributed by atoms with Crippen molar-refractivity contribution in [3.05, 3.63) is 11.7 Å². The maximum absolute atomic E-state index is 12.5. The molecule has 3 heterocycles. The summed E-state index contributed by atoms with van der Waals surface area (Å²) in [5, 5.41) is 3.99. The van der Waals surface area contributed by atoms with Crippen molar-refractivity contribution < 1.29 is 18.8 Å².